The van der Waals surface area contributed by atoms with Gasteiger partial charge in [0.15, 0.2) is 23.0 Å². The van der Waals surface area contributed by atoms with Gasteiger partial charge >= 0.3 is 0 Å². The van der Waals surface area contributed by atoms with Crippen LogP contribution in [0.15, 0.2) is 41.3 Å². The van der Waals surface area contributed by atoms with E-state index in [1.807, 2.05) is 32.9 Å². The van der Waals surface area contributed by atoms with E-state index in [9.17, 15) is 14.0 Å². The Morgan fingerprint density at radius 3 is 2.62 bits per heavy atom. The van der Waals surface area contributed by atoms with Crippen molar-refractivity contribution in [2.24, 2.45) is 5.92 Å². The summed E-state index contributed by atoms with van der Waals surface area (Å²) in [6.07, 6.45) is 7.51. The maximum atomic E-state index is 14.2. The van der Waals surface area contributed by atoms with E-state index < -0.39 is 11.7 Å². The Bertz CT molecular complexity index is 1640. The average Bonchev–Trinajstić information content (AvgIpc) is 3.59. The lowest BCUT2D eigenvalue weighted by molar-refractivity contribution is -0.119. The molecule has 1 fully saturated rings. The normalized spacial score (nSPS) is 17.0. The first-order valence-electron chi connectivity index (χ1n) is 13.8. The Hall–Kier alpha value is -4.86. The van der Waals surface area contributed by atoms with Crippen LogP contribution in [0.5, 0.6) is 0 Å². The van der Waals surface area contributed by atoms with Crippen LogP contribution in [0.2, 0.25) is 0 Å². The summed E-state index contributed by atoms with van der Waals surface area (Å²) >= 11 is 0. The molecule has 0 aliphatic heterocycles. The van der Waals surface area contributed by atoms with E-state index in [4.69, 9.17) is 9.78 Å². The van der Waals surface area contributed by atoms with Crippen LogP contribution in [0.3, 0.4) is 0 Å². The van der Waals surface area contributed by atoms with Gasteiger partial charge in [0, 0.05) is 36.2 Å². The van der Waals surface area contributed by atoms with Gasteiger partial charge in [0.25, 0.3) is 5.91 Å². The largest absolute Gasteiger partial charge is 0.366 e. The van der Waals surface area contributed by atoms with Crippen molar-refractivity contribution in [3.8, 4) is 6.07 Å². The molecule has 1 amide bonds. The van der Waals surface area contributed by atoms with Gasteiger partial charge in [-0.05, 0) is 37.7 Å². The first-order valence-corrected chi connectivity index (χ1v) is 13.8. The molecule has 218 valence electrons. The molecule has 13 heteroatoms. The molecule has 42 heavy (non-hydrogen) atoms. The number of amides is 1. The van der Waals surface area contributed by atoms with Crippen LogP contribution < -0.4 is 16.0 Å². The fourth-order valence-corrected chi connectivity index (χ4v) is 4.98. The summed E-state index contributed by atoms with van der Waals surface area (Å²) in [6.45, 7) is 6.05. The van der Waals surface area contributed by atoms with Crippen molar-refractivity contribution in [3.05, 3.63) is 54.1 Å². The molecule has 4 heterocycles. The number of carbonyl (C=O) groups is 2. The van der Waals surface area contributed by atoms with E-state index in [-0.39, 0.29) is 41.0 Å². The van der Waals surface area contributed by atoms with E-state index in [0.717, 1.165) is 31.9 Å². The molecule has 12 nitrogen and oxygen atoms in total. The number of carbonyl (C=O) groups excluding carboxylic acids is 2. The van der Waals surface area contributed by atoms with E-state index in [1.54, 1.807) is 6.07 Å². The lowest BCUT2D eigenvalue weighted by atomic mass is 9.83. The zero-order valence-corrected chi connectivity index (χ0v) is 23.6. The molecule has 1 saturated carbocycles. The molecular weight excluding hydrogens is 541 g/mol. The second-order valence-electron chi connectivity index (χ2n) is 11.5. The topological polar surface area (TPSA) is 163 Å². The van der Waals surface area contributed by atoms with Crippen LogP contribution in [0.1, 0.15) is 75.5 Å². The summed E-state index contributed by atoms with van der Waals surface area (Å²) in [7, 11) is 0. The Morgan fingerprint density at radius 1 is 1.14 bits per heavy atom. The number of anilines is 4. The number of imidazole rings is 1. The summed E-state index contributed by atoms with van der Waals surface area (Å²) in [5.74, 6) is 0.645. The number of ketones is 1. The minimum atomic E-state index is -0.664. The zero-order valence-electron chi connectivity index (χ0n) is 23.6. The summed E-state index contributed by atoms with van der Waals surface area (Å²) in [5.41, 5.74) is 0.738. The van der Waals surface area contributed by atoms with Crippen molar-refractivity contribution in [2.45, 2.75) is 70.8 Å². The molecule has 0 aromatic carbocycles. The second kappa shape index (κ2) is 11.9. The molecule has 4 aromatic rings. The molecule has 3 N–H and O–H groups in total. The summed E-state index contributed by atoms with van der Waals surface area (Å²) in [4.78, 5) is 33.2. The van der Waals surface area contributed by atoms with Crippen molar-refractivity contribution in [1.29, 1.82) is 5.26 Å². The van der Waals surface area contributed by atoms with Gasteiger partial charge in [0.05, 0.1) is 36.3 Å². The average molecular weight is 574 g/mol. The molecule has 0 saturated heterocycles. The van der Waals surface area contributed by atoms with Crippen molar-refractivity contribution in [1.82, 2.24) is 24.7 Å². The van der Waals surface area contributed by atoms with Crippen molar-refractivity contribution in [2.75, 3.05) is 16.0 Å². The molecule has 1 aliphatic rings. The zero-order chi connectivity index (χ0) is 29.9. The van der Waals surface area contributed by atoms with Gasteiger partial charge < -0.3 is 20.5 Å². The molecule has 0 radical (unpaired) electrons. The summed E-state index contributed by atoms with van der Waals surface area (Å²) in [5, 5.41) is 26.8. The number of fused-ring (bicyclic) bond motifs is 1. The minimum absolute atomic E-state index is 0.0140. The lowest BCUT2D eigenvalue weighted by Gasteiger charge is -2.29. The highest BCUT2D eigenvalue weighted by molar-refractivity contribution is 6.03. The van der Waals surface area contributed by atoms with Crippen LogP contribution >= 0.6 is 0 Å². The standard InChI is InChI=1S/C29H32FN9O3/c1-29(2,3)24-14-26(38-42-24)35-22-13-25(34-18-6-4-17(5-7-18)12-19(40)8-10-31)37-39-23(16-33-27(22)39)28(41)36-21-9-11-32-15-20(21)30/h9,11,13-18H,4-8,12H2,1-3H3,(H,34,37)(H,35,38)(H,32,36,41). The predicted molar refractivity (Wildman–Crippen MR) is 153 cm³/mol. The van der Waals surface area contributed by atoms with Crippen LogP contribution in [-0.2, 0) is 10.2 Å². The van der Waals surface area contributed by atoms with Crippen molar-refractivity contribution >= 4 is 40.3 Å². The maximum Gasteiger partial charge on any atom is 0.276 e. The molecule has 0 bridgehead atoms. The van der Waals surface area contributed by atoms with E-state index in [1.165, 1.54) is 23.0 Å². The number of Topliss-reactive ketones (excluding diaryl/α,β-unsaturated/α-hetero) is 1. The fourth-order valence-electron chi connectivity index (χ4n) is 4.98. The van der Waals surface area contributed by atoms with Gasteiger partial charge in [-0.15, -0.1) is 5.10 Å². The van der Waals surface area contributed by atoms with Gasteiger partial charge in [0.2, 0.25) is 0 Å². The Balaban J connectivity index is 1.41. The maximum absolute atomic E-state index is 14.2. The number of nitriles is 1. The Morgan fingerprint density at radius 2 is 1.93 bits per heavy atom. The smallest absolute Gasteiger partial charge is 0.276 e. The number of hydrogen-bond donors (Lipinski definition) is 3. The van der Waals surface area contributed by atoms with Gasteiger partial charge in [-0.1, -0.05) is 25.9 Å². The lowest BCUT2D eigenvalue weighted by Crippen LogP contribution is -2.28. The number of rotatable bonds is 9. The number of nitrogens with zero attached hydrogens (tertiary/aromatic N) is 6. The third-order valence-corrected chi connectivity index (χ3v) is 7.22. The van der Waals surface area contributed by atoms with Crippen molar-refractivity contribution < 1.29 is 18.5 Å². The molecule has 1 aliphatic carbocycles. The van der Waals surface area contributed by atoms with Gasteiger partial charge in [-0.2, -0.15) is 5.26 Å². The molecule has 4 aromatic heterocycles. The third-order valence-electron chi connectivity index (χ3n) is 7.22. The number of halogens is 1. The minimum Gasteiger partial charge on any atom is -0.366 e. The highest BCUT2D eigenvalue weighted by Gasteiger charge is 2.25. The first kappa shape index (κ1) is 28.7. The Labute approximate surface area is 241 Å². The van der Waals surface area contributed by atoms with E-state index in [2.05, 4.69) is 36.2 Å². The van der Waals surface area contributed by atoms with Gasteiger partial charge in [-0.3, -0.25) is 14.6 Å². The SMILES string of the molecule is CC(C)(C)c1cc(Nc2cc(NC3CCC(CC(=O)CC#N)CC3)nn3c(C(=O)Nc4ccncc4F)cnc23)no1. The van der Waals surface area contributed by atoms with Crippen LogP contribution in [0, 0.1) is 23.1 Å². The van der Waals surface area contributed by atoms with Gasteiger partial charge in [0.1, 0.15) is 17.4 Å². The molecule has 0 unspecified atom stereocenters. The highest BCUT2D eigenvalue weighted by Crippen LogP contribution is 2.31. The van der Waals surface area contributed by atoms with Crippen LogP contribution in [0.4, 0.5) is 27.4 Å². The molecule has 5 rings (SSSR count). The third kappa shape index (κ3) is 6.54. The van der Waals surface area contributed by atoms with Gasteiger partial charge in [-0.25, -0.2) is 13.9 Å². The molecule has 0 atom stereocenters. The van der Waals surface area contributed by atoms with Crippen molar-refractivity contribution in [3.63, 3.8) is 0 Å². The summed E-state index contributed by atoms with van der Waals surface area (Å²) in [6, 6.07) is 6.99. The van der Waals surface area contributed by atoms with Crippen LogP contribution in [-0.4, -0.2) is 42.5 Å². The Kier molecular flexibility index (Phi) is 8.15. The fraction of sp³-hybridized carbons (Fsp3) is 0.414. The monoisotopic (exact) mass is 573 g/mol. The number of nitrogens with one attached hydrogen (secondary N) is 3. The number of hydrogen-bond acceptors (Lipinski definition) is 10. The number of aromatic nitrogens is 5. The van der Waals surface area contributed by atoms with Crippen LogP contribution in [0.25, 0.3) is 5.65 Å². The van der Waals surface area contributed by atoms with E-state index >= 15 is 0 Å². The first-order chi connectivity index (χ1) is 20.1. The molecular formula is C29H32FN9O3. The highest BCUT2D eigenvalue weighted by atomic mass is 19.1. The second-order valence-corrected chi connectivity index (χ2v) is 11.5. The quantitative estimate of drug-likeness (QED) is 0.237. The van der Waals surface area contributed by atoms with E-state index in [0.29, 0.717) is 35.2 Å². The summed E-state index contributed by atoms with van der Waals surface area (Å²) < 4.78 is 21.1. The molecule has 0 spiro atoms. The predicted octanol–water partition coefficient (Wildman–Crippen LogP) is 5.39. The number of pyridine rings is 1.